The van der Waals surface area contributed by atoms with Gasteiger partial charge in [-0.1, -0.05) is 18.2 Å². The number of carbonyl (C=O) groups is 1. The summed E-state index contributed by atoms with van der Waals surface area (Å²) in [4.78, 5) is 14.1. The molecule has 1 aliphatic heterocycles. The molecule has 1 heterocycles. The number of sulfonamides is 1. The van der Waals surface area contributed by atoms with Crippen LogP contribution in [0.25, 0.3) is 0 Å². The van der Waals surface area contributed by atoms with Crippen LogP contribution in [0.5, 0.6) is 0 Å². The molecule has 6 nitrogen and oxygen atoms in total. The Bertz CT molecular complexity index is 893. The fourth-order valence-corrected chi connectivity index (χ4v) is 4.51. The van der Waals surface area contributed by atoms with Crippen molar-refractivity contribution in [2.45, 2.75) is 12.8 Å². The van der Waals surface area contributed by atoms with Crippen LogP contribution in [0.15, 0.2) is 48.5 Å². The van der Waals surface area contributed by atoms with E-state index in [9.17, 15) is 13.2 Å². The van der Waals surface area contributed by atoms with E-state index >= 15 is 0 Å². The van der Waals surface area contributed by atoms with Gasteiger partial charge in [0, 0.05) is 38.4 Å². The van der Waals surface area contributed by atoms with E-state index in [1.165, 1.54) is 4.31 Å². The van der Waals surface area contributed by atoms with Crippen LogP contribution in [0.3, 0.4) is 0 Å². The summed E-state index contributed by atoms with van der Waals surface area (Å²) in [6.07, 6.45) is 0.635. The zero-order valence-corrected chi connectivity index (χ0v) is 15.8. The lowest BCUT2D eigenvalue weighted by Gasteiger charge is -2.19. The van der Waals surface area contributed by atoms with E-state index in [-0.39, 0.29) is 18.1 Å². The highest BCUT2D eigenvalue weighted by Crippen LogP contribution is 2.30. The topological polar surface area (TPSA) is 69.7 Å². The molecule has 0 saturated heterocycles. The molecule has 0 spiro atoms. The highest BCUT2D eigenvalue weighted by atomic mass is 32.2. The van der Waals surface area contributed by atoms with Gasteiger partial charge in [-0.2, -0.15) is 0 Å². The fourth-order valence-electron chi connectivity index (χ4n) is 3.00. The van der Waals surface area contributed by atoms with Gasteiger partial charge in [-0.15, -0.1) is 0 Å². The largest absolute Gasteiger partial charge is 0.378 e. The quantitative estimate of drug-likeness (QED) is 0.845. The second-order valence-corrected chi connectivity index (χ2v) is 8.52. The Kier molecular flexibility index (Phi) is 5.18. The first-order chi connectivity index (χ1) is 12.4. The molecule has 1 amide bonds. The molecule has 3 rings (SSSR count). The molecule has 0 bridgehead atoms. The Hall–Kier alpha value is -2.54. The minimum atomic E-state index is -3.51. The van der Waals surface area contributed by atoms with E-state index < -0.39 is 10.0 Å². The Morgan fingerprint density at radius 1 is 1.12 bits per heavy atom. The van der Waals surface area contributed by atoms with E-state index in [4.69, 9.17) is 0 Å². The van der Waals surface area contributed by atoms with Crippen molar-refractivity contribution >= 4 is 33.0 Å². The van der Waals surface area contributed by atoms with Crippen LogP contribution >= 0.6 is 0 Å². The summed E-state index contributed by atoms with van der Waals surface area (Å²) in [5, 5.41) is 2.75. The summed E-state index contributed by atoms with van der Waals surface area (Å²) in [5.41, 5.74) is 3.44. The fraction of sp³-hybridized carbons (Fsp3) is 0.316. The van der Waals surface area contributed by atoms with Crippen molar-refractivity contribution in [2.75, 3.05) is 40.9 Å². The molecule has 0 radical (unpaired) electrons. The van der Waals surface area contributed by atoms with Gasteiger partial charge in [-0.3, -0.25) is 9.10 Å². The number of hydrogen-bond acceptors (Lipinski definition) is 4. The molecule has 2 aromatic rings. The van der Waals surface area contributed by atoms with Crippen LogP contribution < -0.4 is 14.5 Å². The van der Waals surface area contributed by atoms with Gasteiger partial charge < -0.3 is 10.2 Å². The highest BCUT2D eigenvalue weighted by Gasteiger charge is 2.29. The predicted octanol–water partition coefficient (Wildman–Crippen LogP) is 2.47. The maximum absolute atomic E-state index is 12.6. The van der Waals surface area contributed by atoms with Crippen LogP contribution in [0.2, 0.25) is 0 Å². The summed E-state index contributed by atoms with van der Waals surface area (Å²) in [6.45, 7) is 0.440. The lowest BCUT2D eigenvalue weighted by Crippen LogP contribution is -2.32. The van der Waals surface area contributed by atoms with Gasteiger partial charge in [0.15, 0.2) is 0 Å². The van der Waals surface area contributed by atoms with E-state index in [0.29, 0.717) is 18.7 Å². The van der Waals surface area contributed by atoms with E-state index in [1.807, 2.05) is 55.4 Å². The first-order valence-corrected chi connectivity index (χ1v) is 10.1. The number of fused-ring (bicyclic) bond motifs is 1. The number of anilines is 3. The third-order valence-corrected chi connectivity index (χ3v) is 6.21. The first kappa shape index (κ1) is 18.3. The normalized spacial score (nSPS) is 13.4. The van der Waals surface area contributed by atoms with Gasteiger partial charge in [0.2, 0.25) is 15.9 Å². The monoisotopic (exact) mass is 373 g/mol. The van der Waals surface area contributed by atoms with E-state index in [2.05, 4.69) is 5.32 Å². The van der Waals surface area contributed by atoms with E-state index in [1.54, 1.807) is 12.1 Å². The number of nitrogens with one attached hydrogen (secondary N) is 1. The Morgan fingerprint density at radius 3 is 2.50 bits per heavy atom. The number of amides is 1. The summed E-state index contributed by atoms with van der Waals surface area (Å²) < 4.78 is 26.6. The third kappa shape index (κ3) is 3.99. The zero-order valence-electron chi connectivity index (χ0n) is 15.0. The maximum atomic E-state index is 12.6. The smallest absolute Gasteiger partial charge is 0.235 e. The number of nitrogens with zero attached hydrogens (tertiary/aromatic N) is 2. The number of hydrogen-bond donors (Lipinski definition) is 1. The van der Waals surface area contributed by atoms with Crippen molar-refractivity contribution in [2.24, 2.45) is 0 Å². The molecule has 0 fully saturated rings. The highest BCUT2D eigenvalue weighted by molar-refractivity contribution is 7.92. The molecule has 0 atom stereocenters. The SMILES string of the molecule is CN(C)c1ccc(NC(=O)CCS(=O)(=O)N2CCc3ccccc32)cc1. The van der Waals surface area contributed by atoms with Gasteiger partial charge >= 0.3 is 0 Å². The molecule has 138 valence electrons. The minimum absolute atomic E-state index is 0.0730. The first-order valence-electron chi connectivity index (χ1n) is 8.52. The van der Waals surface area contributed by atoms with Gasteiger partial charge in [-0.05, 0) is 42.3 Å². The van der Waals surface area contributed by atoms with Gasteiger partial charge in [0.25, 0.3) is 0 Å². The Balaban J connectivity index is 1.59. The van der Waals surface area contributed by atoms with Crippen molar-refractivity contribution in [3.05, 3.63) is 54.1 Å². The molecule has 7 heteroatoms. The molecule has 0 aliphatic carbocycles. The van der Waals surface area contributed by atoms with Gasteiger partial charge in [0.05, 0.1) is 11.4 Å². The lowest BCUT2D eigenvalue weighted by molar-refractivity contribution is -0.115. The van der Waals surface area contributed by atoms with Gasteiger partial charge in [-0.25, -0.2) is 8.42 Å². The lowest BCUT2D eigenvalue weighted by atomic mass is 10.2. The second kappa shape index (κ2) is 7.37. The molecule has 0 unspecified atom stereocenters. The zero-order chi connectivity index (χ0) is 18.7. The van der Waals surface area contributed by atoms with Crippen LogP contribution in [-0.2, 0) is 21.2 Å². The number of para-hydroxylation sites is 1. The Labute approximate surface area is 154 Å². The molecule has 1 N–H and O–H groups in total. The molecule has 1 aliphatic rings. The van der Waals surface area contributed by atoms with Crippen LogP contribution in [0, 0.1) is 0 Å². The average Bonchev–Trinajstić information content (AvgIpc) is 3.05. The van der Waals surface area contributed by atoms with Crippen LogP contribution in [0.1, 0.15) is 12.0 Å². The maximum Gasteiger partial charge on any atom is 0.235 e. The van der Waals surface area contributed by atoms with Crippen LogP contribution in [-0.4, -0.2) is 40.7 Å². The summed E-state index contributed by atoms with van der Waals surface area (Å²) in [5.74, 6) is -0.512. The molecule has 0 saturated carbocycles. The molecular formula is C19H23N3O3S. The molecule has 26 heavy (non-hydrogen) atoms. The third-order valence-electron chi connectivity index (χ3n) is 4.43. The van der Waals surface area contributed by atoms with Crippen molar-refractivity contribution in [3.8, 4) is 0 Å². The van der Waals surface area contributed by atoms with Crippen molar-refractivity contribution in [3.63, 3.8) is 0 Å². The van der Waals surface area contributed by atoms with Crippen molar-refractivity contribution in [1.82, 2.24) is 0 Å². The minimum Gasteiger partial charge on any atom is -0.378 e. The summed E-state index contributed by atoms with van der Waals surface area (Å²) >= 11 is 0. The summed E-state index contributed by atoms with van der Waals surface area (Å²) in [7, 11) is 0.366. The standard InChI is InChI=1S/C19H23N3O3S/c1-21(2)17-9-7-16(8-10-17)20-19(23)12-14-26(24,25)22-13-11-15-5-3-4-6-18(15)22/h3-10H,11-14H2,1-2H3,(H,20,23). The molecule has 2 aromatic carbocycles. The van der Waals surface area contributed by atoms with Gasteiger partial charge in [0.1, 0.15) is 0 Å². The van der Waals surface area contributed by atoms with E-state index in [0.717, 1.165) is 16.9 Å². The van der Waals surface area contributed by atoms with Crippen LogP contribution in [0.4, 0.5) is 17.1 Å². The number of rotatable bonds is 6. The molecular weight excluding hydrogens is 350 g/mol. The van der Waals surface area contributed by atoms with Crippen molar-refractivity contribution < 1.29 is 13.2 Å². The average molecular weight is 373 g/mol. The second-order valence-electron chi connectivity index (χ2n) is 6.51. The molecule has 0 aromatic heterocycles. The Morgan fingerprint density at radius 2 is 1.81 bits per heavy atom. The number of carbonyl (C=O) groups excluding carboxylic acids is 1. The predicted molar refractivity (Wildman–Crippen MR) is 105 cm³/mol. The number of benzene rings is 2. The van der Waals surface area contributed by atoms with Crippen molar-refractivity contribution in [1.29, 1.82) is 0 Å². The summed E-state index contributed by atoms with van der Waals surface area (Å²) in [6, 6.07) is 14.9.